The number of nitrogens with zero attached hydrogens (tertiary/aromatic N) is 1. The van der Waals surface area contributed by atoms with Crippen LogP contribution in [0.25, 0.3) is 10.1 Å². The summed E-state index contributed by atoms with van der Waals surface area (Å²) in [5, 5.41) is 3.86. The van der Waals surface area contributed by atoms with Crippen LogP contribution >= 0.6 is 27.3 Å². The Morgan fingerprint density at radius 2 is 2.19 bits per heavy atom. The molecule has 2 rings (SSSR count). The summed E-state index contributed by atoms with van der Waals surface area (Å²) in [5.41, 5.74) is 6.68. The molecule has 4 nitrogen and oxygen atoms in total. The number of halogens is 1. The topological polar surface area (TPSA) is 58.4 Å². The summed E-state index contributed by atoms with van der Waals surface area (Å²) in [6.45, 7) is 5.69. The number of hydrogen-bond acceptors (Lipinski definition) is 4. The third-order valence-corrected chi connectivity index (χ3v) is 5.37. The fraction of sp³-hybridized carbons (Fsp3) is 0.400. The number of carbonyl (C=O) groups excluding carboxylic acids is 1. The van der Waals surface area contributed by atoms with Gasteiger partial charge in [-0.1, -0.05) is 22.0 Å². The average molecular weight is 370 g/mol. The van der Waals surface area contributed by atoms with E-state index in [9.17, 15) is 4.79 Å². The molecule has 1 aromatic heterocycles. The van der Waals surface area contributed by atoms with Gasteiger partial charge in [0.2, 0.25) is 0 Å². The van der Waals surface area contributed by atoms with E-state index in [1.54, 1.807) is 0 Å². The lowest BCUT2D eigenvalue weighted by Crippen LogP contribution is -2.36. The van der Waals surface area contributed by atoms with Crippen molar-refractivity contribution in [3.63, 3.8) is 0 Å². The number of rotatable bonds is 5. The van der Waals surface area contributed by atoms with Gasteiger partial charge in [0, 0.05) is 33.7 Å². The zero-order chi connectivity index (χ0) is 15.6. The number of benzene rings is 1. The summed E-state index contributed by atoms with van der Waals surface area (Å²) in [6.07, 6.45) is 0. The minimum atomic E-state index is -0.0993. The number of thiophene rings is 1. The Morgan fingerprint density at radius 1 is 1.48 bits per heavy atom. The van der Waals surface area contributed by atoms with E-state index in [-0.39, 0.29) is 5.91 Å². The molecule has 1 heterocycles. The van der Waals surface area contributed by atoms with Crippen LogP contribution in [0.1, 0.15) is 23.5 Å². The highest BCUT2D eigenvalue weighted by Gasteiger charge is 2.17. The van der Waals surface area contributed by atoms with Crippen molar-refractivity contribution >= 4 is 48.9 Å². The molecule has 0 saturated carbocycles. The third-order valence-electron chi connectivity index (χ3n) is 3.54. The second-order valence-corrected chi connectivity index (χ2v) is 7.19. The Bertz CT molecular complexity index is 654. The number of nitrogens with one attached hydrogen (secondary N) is 1. The highest BCUT2D eigenvalue weighted by Crippen LogP contribution is 2.37. The number of likely N-dealkylation sites (N-methyl/N-ethyl adjacent to an activating group) is 1. The monoisotopic (exact) mass is 369 g/mol. The van der Waals surface area contributed by atoms with E-state index in [2.05, 4.69) is 40.0 Å². The van der Waals surface area contributed by atoms with Gasteiger partial charge in [-0.25, -0.2) is 0 Å². The molecule has 21 heavy (non-hydrogen) atoms. The molecule has 0 aliphatic carbocycles. The van der Waals surface area contributed by atoms with Crippen LogP contribution in [0, 0.1) is 0 Å². The van der Waals surface area contributed by atoms with Gasteiger partial charge >= 0.3 is 0 Å². The Morgan fingerprint density at radius 3 is 2.81 bits per heavy atom. The van der Waals surface area contributed by atoms with Crippen LogP contribution in [0.4, 0.5) is 5.69 Å². The maximum atomic E-state index is 12.3. The standard InChI is InChI=1S/C15H20BrN3OS/c1-9(2)19(3)8-7-18-15(20)14-13(17)12-10(16)5-4-6-11(12)21-14/h4-6,9H,7-8,17H2,1-3H3,(H,18,20). The maximum Gasteiger partial charge on any atom is 0.263 e. The van der Waals surface area contributed by atoms with Gasteiger partial charge in [-0.05, 0) is 33.0 Å². The molecule has 0 radical (unpaired) electrons. The van der Waals surface area contributed by atoms with Gasteiger partial charge in [-0.15, -0.1) is 11.3 Å². The normalized spacial score (nSPS) is 11.5. The molecule has 1 aromatic carbocycles. The van der Waals surface area contributed by atoms with Gasteiger partial charge in [0.1, 0.15) is 4.88 Å². The molecule has 114 valence electrons. The molecular formula is C15H20BrN3OS. The first kappa shape index (κ1) is 16.3. The molecular weight excluding hydrogens is 350 g/mol. The van der Waals surface area contributed by atoms with E-state index in [0.29, 0.717) is 23.2 Å². The van der Waals surface area contributed by atoms with Crippen LogP contribution in [0.5, 0.6) is 0 Å². The zero-order valence-electron chi connectivity index (χ0n) is 12.4. The molecule has 6 heteroatoms. The van der Waals surface area contributed by atoms with E-state index in [1.807, 2.05) is 25.2 Å². The molecule has 0 aliphatic rings. The lowest BCUT2D eigenvalue weighted by molar-refractivity contribution is 0.0953. The first-order valence-corrected chi connectivity index (χ1v) is 8.47. The van der Waals surface area contributed by atoms with Crippen molar-refractivity contribution < 1.29 is 4.79 Å². The molecule has 0 atom stereocenters. The van der Waals surface area contributed by atoms with Crippen molar-refractivity contribution in [1.82, 2.24) is 10.2 Å². The first-order valence-electron chi connectivity index (χ1n) is 6.86. The number of nitrogens with two attached hydrogens (primary N) is 1. The van der Waals surface area contributed by atoms with Crippen LogP contribution in [0.15, 0.2) is 22.7 Å². The molecule has 3 N–H and O–H groups in total. The average Bonchev–Trinajstić information content (AvgIpc) is 2.77. The smallest absolute Gasteiger partial charge is 0.263 e. The molecule has 0 spiro atoms. The first-order chi connectivity index (χ1) is 9.91. The summed E-state index contributed by atoms with van der Waals surface area (Å²) in [5.74, 6) is -0.0993. The summed E-state index contributed by atoms with van der Waals surface area (Å²) >= 11 is 4.92. The molecule has 2 aromatic rings. The van der Waals surface area contributed by atoms with Gasteiger partial charge < -0.3 is 16.0 Å². The highest BCUT2D eigenvalue weighted by molar-refractivity contribution is 9.10. The van der Waals surface area contributed by atoms with E-state index in [0.717, 1.165) is 21.1 Å². The van der Waals surface area contributed by atoms with E-state index < -0.39 is 0 Å². The van der Waals surface area contributed by atoms with Crippen LogP contribution in [-0.4, -0.2) is 37.0 Å². The Balaban J connectivity index is 2.10. The maximum absolute atomic E-state index is 12.3. The van der Waals surface area contributed by atoms with Crippen LogP contribution in [0.3, 0.4) is 0 Å². The van der Waals surface area contributed by atoms with Crippen molar-refractivity contribution in [3.05, 3.63) is 27.5 Å². The number of nitrogen functional groups attached to an aromatic ring is 1. The summed E-state index contributed by atoms with van der Waals surface area (Å²) in [6, 6.07) is 6.32. The van der Waals surface area contributed by atoms with E-state index in [1.165, 1.54) is 11.3 Å². The lowest BCUT2D eigenvalue weighted by Gasteiger charge is -2.20. The van der Waals surface area contributed by atoms with Gasteiger partial charge in [-0.3, -0.25) is 4.79 Å². The number of carbonyl (C=O) groups is 1. The Kier molecular flexibility index (Phi) is 5.24. The van der Waals surface area contributed by atoms with Crippen molar-refractivity contribution in [2.24, 2.45) is 0 Å². The predicted octanol–water partition coefficient (Wildman–Crippen LogP) is 3.32. The number of anilines is 1. The fourth-order valence-corrected chi connectivity index (χ4v) is 3.76. The SMILES string of the molecule is CC(C)N(C)CCNC(=O)c1sc2cccc(Br)c2c1N. The van der Waals surface area contributed by atoms with Gasteiger partial charge in [-0.2, -0.15) is 0 Å². The van der Waals surface area contributed by atoms with Crippen LogP contribution in [-0.2, 0) is 0 Å². The molecule has 0 fully saturated rings. The predicted molar refractivity (Wildman–Crippen MR) is 94.0 cm³/mol. The lowest BCUT2D eigenvalue weighted by atomic mass is 10.2. The molecule has 0 saturated heterocycles. The van der Waals surface area contributed by atoms with Gasteiger partial charge in [0.25, 0.3) is 5.91 Å². The zero-order valence-corrected chi connectivity index (χ0v) is 14.8. The number of hydrogen-bond donors (Lipinski definition) is 2. The Hall–Kier alpha value is -1.11. The summed E-state index contributed by atoms with van der Waals surface area (Å²) in [4.78, 5) is 15.1. The third kappa shape index (κ3) is 3.56. The van der Waals surface area contributed by atoms with Crippen LogP contribution in [0.2, 0.25) is 0 Å². The quantitative estimate of drug-likeness (QED) is 0.849. The summed E-state index contributed by atoms with van der Waals surface area (Å²) in [7, 11) is 2.04. The molecule has 0 aliphatic heterocycles. The molecule has 1 amide bonds. The minimum absolute atomic E-state index is 0.0993. The fourth-order valence-electron chi connectivity index (χ4n) is 1.98. The van der Waals surface area contributed by atoms with Crippen molar-refractivity contribution in [2.75, 3.05) is 25.9 Å². The van der Waals surface area contributed by atoms with Crippen LogP contribution < -0.4 is 11.1 Å². The second-order valence-electron chi connectivity index (χ2n) is 5.29. The van der Waals surface area contributed by atoms with Gasteiger partial charge in [0.05, 0.1) is 5.69 Å². The molecule has 0 unspecified atom stereocenters. The highest BCUT2D eigenvalue weighted by atomic mass is 79.9. The number of fused-ring (bicyclic) bond motifs is 1. The molecule has 0 bridgehead atoms. The summed E-state index contributed by atoms with van der Waals surface area (Å²) < 4.78 is 1.94. The largest absolute Gasteiger partial charge is 0.397 e. The van der Waals surface area contributed by atoms with Crippen molar-refractivity contribution in [2.45, 2.75) is 19.9 Å². The van der Waals surface area contributed by atoms with E-state index >= 15 is 0 Å². The van der Waals surface area contributed by atoms with Crippen molar-refractivity contribution in [3.8, 4) is 0 Å². The Labute approximate surface area is 137 Å². The van der Waals surface area contributed by atoms with E-state index in [4.69, 9.17) is 5.73 Å². The number of amides is 1. The van der Waals surface area contributed by atoms with Gasteiger partial charge in [0.15, 0.2) is 0 Å². The minimum Gasteiger partial charge on any atom is -0.397 e. The second kappa shape index (κ2) is 6.77. The van der Waals surface area contributed by atoms with Crippen molar-refractivity contribution in [1.29, 1.82) is 0 Å².